The monoisotopic (exact) mass is 341 g/mol. The van der Waals surface area contributed by atoms with E-state index in [4.69, 9.17) is 9.73 Å². The highest BCUT2D eigenvalue weighted by atomic mass is 16.5. The molecule has 26 heavy (non-hydrogen) atoms. The maximum absolute atomic E-state index is 5.52. The van der Waals surface area contributed by atoms with E-state index in [1.807, 2.05) is 66.2 Å². The van der Waals surface area contributed by atoms with Crippen molar-refractivity contribution in [2.24, 2.45) is 4.99 Å². The SMILES string of the molecule is COc1cc(N=C(c2ccccc2)c2ccccc2)cn2cc(C)nc12. The number of aliphatic imine (C=N–C) groups is 1. The van der Waals surface area contributed by atoms with Gasteiger partial charge in [-0.05, 0) is 6.92 Å². The molecule has 0 aliphatic rings. The van der Waals surface area contributed by atoms with Crippen molar-refractivity contribution in [1.29, 1.82) is 0 Å². The molecule has 0 aliphatic carbocycles. The summed E-state index contributed by atoms with van der Waals surface area (Å²) in [5.74, 6) is 0.708. The minimum Gasteiger partial charge on any atom is -0.493 e. The number of aromatic nitrogens is 2. The van der Waals surface area contributed by atoms with Crippen molar-refractivity contribution in [2.75, 3.05) is 7.11 Å². The molecule has 0 saturated heterocycles. The number of hydrogen-bond donors (Lipinski definition) is 0. The van der Waals surface area contributed by atoms with Crippen molar-refractivity contribution >= 4 is 17.0 Å². The zero-order valence-corrected chi connectivity index (χ0v) is 14.8. The second-order valence-corrected chi connectivity index (χ2v) is 6.07. The smallest absolute Gasteiger partial charge is 0.180 e. The number of benzene rings is 2. The quantitative estimate of drug-likeness (QED) is 0.499. The van der Waals surface area contributed by atoms with E-state index in [-0.39, 0.29) is 0 Å². The fourth-order valence-electron chi connectivity index (χ4n) is 3.00. The van der Waals surface area contributed by atoms with Crippen LogP contribution in [0.3, 0.4) is 0 Å². The summed E-state index contributed by atoms with van der Waals surface area (Å²) in [5.41, 5.74) is 5.61. The minimum absolute atomic E-state index is 0.708. The van der Waals surface area contributed by atoms with Crippen molar-refractivity contribution in [3.63, 3.8) is 0 Å². The van der Waals surface area contributed by atoms with E-state index in [0.717, 1.165) is 33.9 Å². The first-order chi connectivity index (χ1) is 12.7. The van der Waals surface area contributed by atoms with Crippen LogP contribution in [0.1, 0.15) is 16.8 Å². The van der Waals surface area contributed by atoms with E-state index < -0.39 is 0 Å². The highest BCUT2D eigenvalue weighted by Gasteiger charge is 2.10. The zero-order chi connectivity index (χ0) is 17.9. The van der Waals surface area contributed by atoms with Crippen molar-refractivity contribution < 1.29 is 4.74 Å². The average molecular weight is 341 g/mol. The molecule has 2 aromatic carbocycles. The summed E-state index contributed by atoms with van der Waals surface area (Å²) in [4.78, 5) is 9.47. The van der Waals surface area contributed by atoms with Crippen LogP contribution in [0.15, 0.2) is 84.1 Å². The molecule has 0 saturated carbocycles. The molecule has 0 radical (unpaired) electrons. The molecule has 0 spiro atoms. The number of pyridine rings is 1. The van der Waals surface area contributed by atoms with Crippen LogP contribution >= 0.6 is 0 Å². The summed E-state index contributed by atoms with van der Waals surface area (Å²) in [5, 5.41) is 0. The Labute approximate surface area is 152 Å². The second kappa shape index (κ2) is 6.84. The van der Waals surface area contributed by atoms with E-state index in [1.54, 1.807) is 7.11 Å². The number of aryl methyl sites for hydroxylation is 1. The van der Waals surface area contributed by atoms with Crippen molar-refractivity contribution in [3.8, 4) is 5.75 Å². The summed E-state index contributed by atoms with van der Waals surface area (Å²) in [6.07, 6.45) is 3.95. The maximum atomic E-state index is 5.52. The molecule has 0 N–H and O–H groups in total. The average Bonchev–Trinajstić information content (AvgIpc) is 3.07. The zero-order valence-electron chi connectivity index (χ0n) is 14.8. The van der Waals surface area contributed by atoms with Gasteiger partial charge in [0.2, 0.25) is 0 Å². The summed E-state index contributed by atoms with van der Waals surface area (Å²) in [6.45, 7) is 1.97. The Morgan fingerprint density at radius 2 is 1.54 bits per heavy atom. The molecule has 2 aromatic heterocycles. The third-order valence-electron chi connectivity index (χ3n) is 4.18. The van der Waals surface area contributed by atoms with Crippen LogP contribution < -0.4 is 4.74 Å². The molecule has 0 atom stereocenters. The molecule has 2 heterocycles. The van der Waals surface area contributed by atoms with Gasteiger partial charge in [-0.1, -0.05) is 60.7 Å². The highest BCUT2D eigenvalue weighted by molar-refractivity contribution is 6.13. The third kappa shape index (κ3) is 3.09. The molecule has 0 unspecified atom stereocenters. The fraction of sp³-hybridized carbons (Fsp3) is 0.0909. The number of methoxy groups -OCH3 is 1. The van der Waals surface area contributed by atoms with Crippen LogP contribution in [-0.4, -0.2) is 22.2 Å². The van der Waals surface area contributed by atoms with Crippen LogP contribution in [0.25, 0.3) is 5.65 Å². The van der Waals surface area contributed by atoms with Gasteiger partial charge in [0.05, 0.1) is 24.2 Å². The van der Waals surface area contributed by atoms with Gasteiger partial charge in [0, 0.05) is 29.6 Å². The second-order valence-electron chi connectivity index (χ2n) is 6.07. The van der Waals surface area contributed by atoms with E-state index in [0.29, 0.717) is 5.75 Å². The Kier molecular flexibility index (Phi) is 4.23. The largest absolute Gasteiger partial charge is 0.493 e. The molecule has 0 bridgehead atoms. The van der Waals surface area contributed by atoms with Gasteiger partial charge in [0.15, 0.2) is 11.4 Å². The van der Waals surface area contributed by atoms with Gasteiger partial charge >= 0.3 is 0 Å². The number of imidazole rings is 1. The predicted molar refractivity (Wildman–Crippen MR) is 105 cm³/mol. The van der Waals surface area contributed by atoms with Gasteiger partial charge in [-0.15, -0.1) is 0 Å². The summed E-state index contributed by atoms with van der Waals surface area (Å²) >= 11 is 0. The van der Waals surface area contributed by atoms with Gasteiger partial charge in [-0.25, -0.2) is 9.98 Å². The summed E-state index contributed by atoms with van der Waals surface area (Å²) < 4.78 is 7.48. The van der Waals surface area contributed by atoms with Gasteiger partial charge in [-0.3, -0.25) is 0 Å². The number of rotatable bonds is 4. The fourth-order valence-corrected chi connectivity index (χ4v) is 3.00. The lowest BCUT2D eigenvalue weighted by molar-refractivity contribution is 0.417. The molecule has 4 aromatic rings. The summed E-state index contributed by atoms with van der Waals surface area (Å²) in [7, 11) is 1.65. The van der Waals surface area contributed by atoms with E-state index in [9.17, 15) is 0 Å². The number of ether oxygens (including phenoxy) is 1. The number of hydrogen-bond acceptors (Lipinski definition) is 3. The van der Waals surface area contributed by atoms with Crippen LogP contribution in [0, 0.1) is 6.92 Å². The minimum atomic E-state index is 0.708. The lowest BCUT2D eigenvalue weighted by Gasteiger charge is -2.09. The first kappa shape index (κ1) is 16.1. The molecule has 4 nitrogen and oxygen atoms in total. The van der Waals surface area contributed by atoms with Gasteiger partial charge in [0.25, 0.3) is 0 Å². The van der Waals surface area contributed by atoms with E-state index >= 15 is 0 Å². The number of nitrogens with zero attached hydrogens (tertiary/aromatic N) is 3. The molecular weight excluding hydrogens is 322 g/mol. The van der Waals surface area contributed by atoms with Gasteiger partial charge in [-0.2, -0.15) is 0 Å². The molecular formula is C22H19N3O. The summed E-state index contributed by atoms with van der Waals surface area (Å²) in [6, 6.07) is 22.3. The van der Waals surface area contributed by atoms with Crippen LogP contribution in [0.5, 0.6) is 5.75 Å². The topological polar surface area (TPSA) is 38.9 Å². The Balaban J connectivity index is 1.91. The Morgan fingerprint density at radius 1 is 0.923 bits per heavy atom. The first-order valence-corrected chi connectivity index (χ1v) is 8.47. The van der Waals surface area contributed by atoms with E-state index in [1.165, 1.54) is 0 Å². The van der Waals surface area contributed by atoms with Gasteiger partial charge in [0.1, 0.15) is 0 Å². The van der Waals surface area contributed by atoms with Crippen molar-refractivity contribution in [2.45, 2.75) is 6.92 Å². The third-order valence-corrected chi connectivity index (χ3v) is 4.18. The Hall–Kier alpha value is -3.40. The van der Waals surface area contributed by atoms with E-state index in [2.05, 4.69) is 29.2 Å². The normalized spacial score (nSPS) is 10.7. The molecule has 4 heteroatoms. The first-order valence-electron chi connectivity index (χ1n) is 8.47. The lowest BCUT2D eigenvalue weighted by Crippen LogP contribution is -2.02. The highest BCUT2D eigenvalue weighted by Crippen LogP contribution is 2.27. The van der Waals surface area contributed by atoms with Crippen LogP contribution in [0.2, 0.25) is 0 Å². The molecule has 128 valence electrons. The molecule has 0 fully saturated rings. The molecule has 0 amide bonds. The predicted octanol–water partition coefficient (Wildman–Crippen LogP) is 4.82. The van der Waals surface area contributed by atoms with Gasteiger partial charge < -0.3 is 9.14 Å². The Morgan fingerprint density at radius 3 is 2.12 bits per heavy atom. The number of fused-ring (bicyclic) bond motifs is 1. The lowest BCUT2D eigenvalue weighted by atomic mass is 10.0. The standard InChI is InChI=1S/C22H19N3O/c1-16-14-25-15-19(13-20(26-2)22(25)23-16)24-21(17-9-5-3-6-10-17)18-11-7-4-8-12-18/h3-15H,1-2H3. The van der Waals surface area contributed by atoms with Crippen molar-refractivity contribution in [1.82, 2.24) is 9.38 Å². The molecule has 0 aliphatic heterocycles. The molecule has 4 rings (SSSR count). The van der Waals surface area contributed by atoms with Crippen LogP contribution in [-0.2, 0) is 0 Å². The Bertz CT molecular complexity index is 1030. The van der Waals surface area contributed by atoms with Crippen LogP contribution in [0.4, 0.5) is 5.69 Å². The maximum Gasteiger partial charge on any atom is 0.180 e. The van der Waals surface area contributed by atoms with Crippen molar-refractivity contribution in [3.05, 3.63) is 95.9 Å².